The number of aromatic nitrogens is 1. The molecule has 3 amide bonds. The number of benzene rings is 1. The van der Waals surface area contributed by atoms with Crippen LogP contribution in [0.1, 0.15) is 39.0 Å². The van der Waals surface area contributed by atoms with Crippen molar-refractivity contribution in [3.8, 4) is 0 Å². The van der Waals surface area contributed by atoms with Crippen molar-refractivity contribution in [2.24, 2.45) is 0 Å². The number of hydrogen-bond acceptors (Lipinski definition) is 4. The normalized spacial score (nSPS) is 16.4. The number of nitrogens with zero attached hydrogens (tertiary/aromatic N) is 1. The van der Waals surface area contributed by atoms with Crippen molar-refractivity contribution < 1.29 is 9.59 Å². The van der Waals surface area contributed by atoms with Gasteiger partial charge in [0.05, 0.1) is 15.8 Å². The van der Waals surface area contributed by atoms with Crippen molar-refractivity contribution in [1.82, 2.24) is 15.6 Å². The summed E-state index contributed by atoms with van der Waals surface area (Å²) in [6.45, 7) is 1.78. The van der Waals surface area contributed by atoms with Gasteiger partial charge in [-0.05, 0) is 31.9 Å². The molecule has 1 aliphatic rings. The molecule has 0 bridgehead atoms. The summed E-state index contributed by atoms with van der Waals surface area (Å²) >= 11 is 1.35. The van der Waals surface area contributed by atoms with Gasteiger partial charge >= 0.3 is 6.03 Å². The fourth-order valence-corrected chi connectivity index (χ4v) is 3.86. The molecule has 1 saturated carbocycles. The van der Waals surface area contributed by atoms with Crippen LogP contribution in [-0.2, 0) is 4.79 Å². The van der Waals surface area contributed by atoms with E-state index in [0.717, 1.165) is 41.6 Å². The van der Waals surface area contributed by atoms with Gasteiger partial charge in [-0.2, -0.15) is 0 Å². The van der Waals surface area contributed by atoms with Crippen LogP contribution in [0.2, 0.25) is 0 Å². The summed E-state index contributed by atoms with van der Waals surface area (Å²) in [6.07, 6.45) is 5.49. The van der Waals surface area contributed by atoms with Crippen molar-refractivity contribution in [3.05, 3.63) is 36.4 Å². The van der Waals surface area contributed by atoms with Crippen LogP contribution in [0.15, 0.2) is 41.4 Å². The molecule has 2 N–H and O–H groups in total. The molecule has 5 nitrogen and oxygen atoms in total. The second-order valence-corrected chi connectivity index (χ2v) is 7.76. The lowest BCUT2D eigenvalue weighted by Crippen LogP contribution is -2.47. The second-order valence-electron chi connectivity index (χ2n) is 6.40. The standard InChI is InChI=1S/C19H23N3O2S/c1-13(18(23)22-19(24)20-15-8-3-2-4-9-15)25-17-12-11-14-7-5-6-10-16(14)21-17/h5-7,10-13,15H,2-4,8-9H2,1H3,(H2,20,22,23,24)/t13-/m0/s1. The van der Waals surface area contributed by atoms with Crippen LogP contribution in [0.3, 0.4) is 0 Å². The molecule has 3 rings (SSSR count). The number of amides is 3. The van der Waals surface area contributed by atoms with Crippen LogP contribution >= 0.6 is 11.8 Å². The van der Waals surface area contributed by atoms with Gasteiger partial charge in [0.2, 0.25) is 5.91 Å². The SMILES string of the molecule is C[C@H](Sc1ccc2ccccc2n1)C(=O)NC(=O)NC1CCCCC1. The van der Waals surface area contributed by atoms with Crippen LogP contribution in [-0.4, -0.2) is 28.2 Å². The molecule has 1 heterocycles. The number of imide groups is 1. The maximum Gasteiger partial charge on any atom is 0.321 e. The van der Waals surface area contributed by atoms with Crippen molar-refractivity contribution in [2.45, 2.75) is 55.3 Å². The summed E-state index contributed by atoms with van der Waals surface area (Å²) < 4.78 is 0. The third-order valence-corrected chi connectivity index (χ3v) is 5.45. The average Bonchev–Trinajstić information content (AvgIpc) is 2.62. The Labute approximate surface area is 152 Å². The predicted octanol–water partition coefficient (Wildman–Crippen LogP) is 3.87. The highest BCUT2D eigenvalue weighted by Crippen LogP contribution is 2.24. The Hall–Kier alpha value is -2.08. The number of pyridine rings is 1. The van der Waals surface area contributed by atoms with E-state index in [1.54, 1.807) is 6.92 Å². The zero-order chi connectivity index (χ0) is 17.6. The van der Waals surface area contributed by atoms with E-state index in [0.29, 0.717) is 0 Å². The minimum atomic E-state index is -0.397. The Morgan fingerprint density at radius 1 is 1.12 bits per heavy atom. The summed E-state index contributed by atoms with van der Waals surface area (Å²) in [5.74, 6) is -0.298. The Balaban J connectivity index is 1.53. The van der Waals surface area contributed by atoms with Crippen LogP contribution in [0.25, 0.3) is 10.9 Å². The minimum Gasteiger partial charge on any atom is -0.335 e. The number of carbonyl (C=O) groups is 2. The Kier molecular flexibility index (Phi) is 5.91. The van der Waals surface area contributed by atoms with Gasteiger partial charge in [0.15, 0.2) is 0 Å². The van der Waals surface area contributed by atoms with Gasteiger partial charge in [-0.25, -0.2) is 9.78 Å². The van der Waals surface area contributed by atoms with Gasteiger partial charge < -0.3 is 5.32 Å². The van der Waals surface area contributed by atoms with E-state index in [-0.39, 0.29) is 11.9 Å². The number of thioether (sulfide) groups is 1. The molecule has 2 aromatic rings. The molecule has 25 heavy (non-hydrogen) atoms. The molecular weight excluding hydrogens is 334 g/mol. The fourth-order valence-electron chi connectivity index (χ4n) is 3.03. The molecule has 1 aromatic carbocycles. The molecule has 0 radical (unpaired) electrons. The van der Waals surface area contributed by atoms with Gasteiger partial charge in [0.25, 0.3) is 0 Å². The Morgan fingerprint density at radius 2 is 1.88 bits per heavy atom. The summed E-state index contributed by atoms with van der Waals surface area (Å²) in [5, 5.41) is 6.78. The van der Waals surface area contributed by atoms with Crippen molar-refractivity contribution in [2.75, 3.05) is 0 Å². The van der Waals surface area contributed by atoms with E-state index >= 15 is 0 Å². The number of carbonyl (C=O) groups excluding carboxylic acids is 2. The summed E-state index contributed by atoms with van der Waals surface area (Å²) in [6, 6.07) is 11.5. The lowest BCUT2D eigenvalue weighted by Gasteiger charge is -2.23. The lowest BCUT2D eigenvalue weighted by molar-refractivity contribution is -0.119. The highest BCUT2D eigenvalue weighted by Gasteiger charge is 2.20. The number of fused-ring (bicyclic) bond motifs is 1. The molecular formula is C19H23N3O2S. The Morgan fingerprint density at radius 3 is 2.68 bits per heavy atom. The topological polar surface area (TPSA) is 71.1 Å². The van der Waals surface area contributed by atoms with Crippen LogP contribution in [0, 0.1) is 0 Å². The molecule has 1 aliphatic carbocycles. The molecule has 0 aliphatic heterocycles. The molecule has 6 heteroatoms. The monoisotopic (exact) mass is 357 g/mol. The van der Waals surface area contributed by atoms with Gasteiger partial charge in [0.1, 0.15) is 0 Å². The van der Waals surface area contributed by atoms with Gasteiger partial charge in [-0.15, -0.1) is 0 Å². The predicted molar refractivity (Wildman–Crippen MR) is 101 cm³/mol. The first kappa shape index (κ1) is 17.7. The van der Waals surface area contributed by atoms with Crippen LogP contribution in [0.5, 0.6) is 0 Å². The third-order valence-electron chi connectivity index (χ3n) is 4.42. The number of urea groups is 1. The van der Waals surface area contributed by atoms with Gasteiger partial charge in [-0.1, -0.05) is 55.3 Å². The first-order valence-corrected chi connectivity index (χ1v) is 9.63. The van der Waals surface area contributed by atoms with E-state index in [4.69, 9.17) is 0 Å². The van der Waals surface area contributed by atoms with Crippen molar-refractivity contribution >= 4 is 34.6 Å². The van der Waals surface area contributed by atoms with E-state index in [2.05, 4.69) is 15.6 Å². The van der Waals surface area contributed by atoms with Crippen molar-refractivity contribution in [3.63, 3.8) is 0 Å². The average molecular weight is 357 g/mol. The first-order chi connectivity index (χ1) is 12.1. The summed E-state index contributed by atoms with van der Waals surface area (Å²) in [4.78, 5) is 28.8. The van der Waals surface area contributed by atoms with Crippen LogP contribution < -0.4 is 10.6 Å². The molecule has 132 valence electrons. The highest BCUT2D eigenvalue weighted by atomic mass is 32.2. The first-order valence-electron chi connectivity index (χ1n) is 8.75. The zero-order valence-corrected chi connectivity index (χ0v) is 15.1. The smallest absolute Gasteiger partial charge is 0.321 e. The number of para-hydroxylation sites is 1. The molecule has 1 fully saturated rings. The highest BCUT2D eigenvalue weighted by molar-refractivity contribution is 8.00. The summed E-state index contributed by atoms with van der Waals surface area (Å²) in [7, 11) is 0. The molecule has 0 spiro atoms. The second kappa shape index (κ2) is 8.34. The maximum absolute atomic E-state index is 12.2. The zero-order valence-electron chi connectivity index (χ0n) is 14.3. The maximum atomic E-state index is 12.2. The molecule has 1 aromatic heterocycles. The van der Waals surface area contributed by atoms with E-state index in [1.165, 1.54) is 18.2 Å². The van der Waals surface area contributed by atoms with Gasteiger partial charge in [0, 0.05) is 11.4 Å². The van der Waals surface area contributed by atoms with E-state index in [9.17, 15) is 9.59 Å². The third kappa shape index (κ3) is 4.95. The molecule has 1 atom stereocenters. The quantitative estimate of drug-likeness (QED) is 0.815. The van der Waals surface area contributed by atoms with Gasteiger partial charge in [-0.3, -0.25) is 10.1 Å². The molecule has 0 saturated heterocycles. The number of rotatable bonds is 4. The number of nitrogens with one attached hydrogen (secondary N) is 2. The largest absolute Gasteiger partial charge is 0.335 e. The minimum absolute atomic E-state index is 0.187. The van der Waals surface area contributed by atoms with Crippen LogP contribution in [0.4, 0.5) is 4.79 Å². The summed E-state index contributed by atoms with van der Waals surface area (Å²) in [5.41, 5.74) is 0.898. The lowest BCUT2D eigenvalue weighted by atomic mass is 9.96. The molecule has 0 unspecified atom stereocenters. The Bertz CT molecular complexity index is 759. The fraction of sp³-hybridized carbons (Fsp3) is 0.421. The van der Waals surface area contributed by atoms with E-state index < -0.39 is 11.3 Å². The van der Waals surface area contributed by atoms with E-state index in [1.807, 2.05) is 36.4 Å². The van der Waals surface area contributed by atoms with Crippen molar-refractivity contribution in [1.29, 1.82) is 0 Å². The number of hydrogen-bond donors (Lipinski definition) is 2.